The molecule has 0 bridgehead atoms. The third-order valence-corrected chi connectivity index (χ3v) is 4.15. The van der Waals surface area contributed by atoms with E-state index in [-0.39, 0.29) is 5.78 Å². The molecule has 0 aliphatic heterocycles. The van der Waals surface area contributed by atoms with Crippen molar-refractivity contribution in [2.24, 2.45) is 0 Å². The molecule has 0 saturated carbocycles. The number of fused-ring (bicyclic) bond motifs is 1. The molecule has 3 aromatic rings. The third kappa shape index (κ3) is 2.17. The number of benzene rings is 2. The van der Waals surface area contributed by atoms with Gasteiger partial charge in [-0.3, -0.25) is 4.79 Å². The number of rotatable bonds is 2. The van der Waals surface area contributed by atoms with Gasteiger partial charge < -0.3 is 4.42 Å². The molecule has 1 heterocycles. The topological polar surface area (TPSA) is 30.2 Å². The number of carbonyl (C=O) groups is 1. The SMILES string of the molecule is Cc1c(C(=O)c2ccccc2Br)oc2ccc(Cl)cc12. The molecule has 20 heavy (non-hydrogen) atoms. The summed E-state index contributed by atoms with van der Waals surface area (Å²) in [6, 6.07) is 12.6. The summed E-state index contributed by atoms with van der Waals surface area (Å²) in [6.07, 6.45) is 0. The second kappa shape index (κ2) is 5.08. The van der Waals surface area contributed by atoms with Crippen molar-refractivity contribution in [3.63, 3.8) is 0 Å². The van der Waals surface area contributed by atoms with E-state index in [0.717, 1.165) is 15.4 Å². The minimum Gasteiger partial charge on any atom is -0.452 e. The Morgan fingerprint density at radius 3 is 2.70 bits per heavy atom. The van der Waals surface area contributed by atoms with E-state index in [1.54, 1.807) is 18.2 Å². The largest absolute Gasteiger partial charge is 0.452 e. The first kappa shape index (κ1) is 13.4. The van der Waals surface area contributed by atoms with Crippen LogP contribution in [0.1, 0.15) is 21.7 Å². The molecular formula is C16H10BrClO2. The van der Waals surface area contributed by atoms with Crippen LogP contribution in [0.3, 0.4) is 0 Å². The summed E-state index contributed by atoms with van der Waals surface area (Å²) in [5.41, 5.74) is 2.06. The summed E-state index contributed by atoms with van der Waals surface area (Å²) in [5.74, 6) is 0.219. The number of aryl methyl sites for hydroxylation is 1. The van der Waals surface area contributed by atoms with Crippen molar-refractivity contribution in [2.45, 2.75) is 6.92 Å². The predicted molar refractivity (Wildman–Crippen MR) is 83.5 cm³/mol. The molecule has 0 N–H and O–H groups in total. The van der Waals surface area contributed by atoms with Gasteiger partial charge in [0.1, 0.15) is 5.58 Å². The van der Waals surface area contributed by atoms with E-state index in [4.69, 9.17) is 16.0 Å². The highest BCUT2D eigenvalue weighted by molar-refractivity contribution is 9.10. The maximum absolute atomic E-state index is 12.6. The van der Waals surface area contributed by atoms with Gasteiger partial charge in [0.2, 0.25) is 5.78 Å². The van der Waals surface area contributed by atoms with Gasteiger partial charge >= 0.3 is 0 Å². The van der Waals surface area contributed by atoms with Crippen molar-refractivity contribution in [3.05, 3.63) is 68.8 Å². The van der Waals surface area contributed by atoms with Gasteiger partial charge in [-0.15, -0.1) is 0 Å². The molecule has 3 rings (SSSR count). The van der Waals surface area contributed by atoms with Gasteiger partial charge in [-0.25, -0.2) is 0 Å². The third-order valence-electron chi connectivity index (χ3n) is 3.22. The van der Waals surface area contributed by atoms with Crippen LogP contribution in [0.25, 0.3) is 11.0 Å². The molecule has 4 heteroatoms. The van der Waals surface area contributed by atoms with Gasteiger partial charge in [0.15, 0.2) is 5.76 Å². The van der Waals surface area contributed by atoms with Crippen LogP contribution in [0.5, 0.6) is 0 Å². The van der Waals surface area contributed by atoms with E-state index in [0.29, 0.717) is 21.9 Å². The summed E-state index contributed by atoms with van der Waals surface area (Å²) in [5, 5.41) is 1.49. The summed E-state index contributed by atoms with van der Waals surface area (Å²) >= 11 is 9.38. The first-order valence-corrected chi connectivity index (χ1v) is 7.23. The number of halogens is 2. The first-order valence-electron chi connectivity index (χ1n) is 6.06. The Bertz CT molecular complexity index is 820. The molecule has 0 saturated heterocycles. The van der Waals surface area contributed by atoms with Crippen LogP contribution in [0.4, 0.5) is 0 Å². The molecule has 2 nitrogen and oxygen atoms in total. The highest BCUT2D eigenvalue weighted by atomic mass is 79.9. The van der Waals surface area contributed by atoms with Crippen LogP contribution < -0.4 is 0 Å². The normalized spacial score (nSPS) is 10.9. The fourth-order valence-corrected chi connectivity index (χ4v) is 2.81. The van der Waals surface area contributed by atoms with Crippen molar-refractivity contribution in [1.82, 2.24) is 0 Å². The van der Waals surface area contributed by atoms with Crippen LogP contribution in [0.2, 0.25) is 5.02 Å². The molecule has 100 valence electrons. The van der Waals surface area contributed by atoms with E-state index in [1.165, 1.54) is 0 Å². The molecule has 0 atom stereocenters. The van der Waals surface area contributed by atoms with Crippen molar-refractivity contribution in [1.29, 1.82) is 0 Å². The molecule has 0 amide bonds. The van der Waals surface area contributed by atoms with Gasteiger partial charge in [-0.2, -0.15) is 0 Å². The highest BCUT2D eigenvalue weighted by Gasteiger charge is 2.20. The Morgan fingerprint density at radius 1 is 1.20 bits per heavy atom. The van der Waals surface area contributed by atoms with Crippen LogP contribution in [-0.4, -0.2) is 5.78 Å². The number of furan rings is 1. The lowest BCUT2D eigenvalue weighted by Gasteiger charge is -2.01. The average molecular weight is 350 g/mol. The molecule has 0 spiro atoms. The lowest BCUT2D eigenvalue weighted by molar-refractivity contribution is 0.101. The smallest absolute Gasteiger partial charge is 0.229 e. The average Bonchev–Trinajstić information content (AvgIpc) is 2.76. The molecular weight excluding hydrogens is 340 g/mol. The monoisotopic (exact) mass is 348 g/mol. The standard InChI is InChI=1S/C16H10BrClO2/c1-9-12-8-10(18)6-7-14(12)20-16(9)15(19)11-4-2-3-5-13(11)17/h2-8H,1H3. The molecule has 0 aliphatic rings. The zero-order chi connectivity index (χ0) is 14.3. The molecule has 0 aliphatic carbocycles. The Morgan fingerprint density at radius 2 is 1.95 bits per heavy atom. The molecule has 1 aromatic heterocycles. The first-order chi connectivity index (χ1) is 9.58. The predicted octanol–water partition coefficient (Wildman–Crippen LogP) is 5.39. The van der Waals surface area contributed by atoms with E-state index in [2.05, 4.69) is 15.9 Å². The van der Waals surface area contributed by atoms with Crippen molar-refractivity contribution in [2.75, 3.05) is 0 Å². The lowest BCUT2D eigenvalue weighted by atomic mass is 10.0. The molecule has 2 aromatic carbocycles. The van der Waals surface area contributed by atoms with Crippen molar-refractivity contribution in [3.8, 4) is 0 Å². The van der Waals surface area contributed by atoms with Crippen LogP contribution in [0.15, 0.2) is 51.4 Å². The van der Waals surface area contributed by atoms with E-state index in [1.807, 2.05) is 31.2 Å². The summed E-state index contributed by atoms with van der Waals surface area (Å²) in [4.78, 5) is 12.6. The van der Waals surface area contributed by atoms with E-state index in [9.17, 15) is 4.79 Å². The minimum absolute atomic E-state index is 0.137. The molecule has 0 radical (unpaired) electrons. The van der Waals surface area contributed by atoms with Crippen LogP contribution in [0, 0.1) is 6.92 Å². The number of ketones is 1. The van der Waals surface area contributed by atoms with Gasteiger partial charge in [0.05, 0.1) is 0 Å². The Hall–Kier alpha value is -1.58. The quantitative estimate of drug-likeness (QED) is 0.581. The Balaban J connectivity index is 2.18. The number of hydrogen-bond donors (Lipinski definition) is 0. The summed E-state index contributed by atoms with van der Waals surface area (Å²) in [6.45, 7) is 1.87. The zero-order valence-corrected chi connectivity index (χ0v) is 13.0. The minimum atomic E-state index is -0.137. The second-order valence-electron chi connectivity index (χ2n) is 4.51. The number of carbonyl (C=O) groups excluding carboxylic acids is 1. The van der Waals surface area contributed by atoms with Gasteiger partial charge in [0, 0.05) is 26.0 Å². The zero-order valence-electron chi connectivity index (χ0n) is 10.6. The molecule has 0 unspecified atom stereocenters. The molecule has 0 fully saturated rings. The van der Waals surface area contributed by atoms with Gasteiger partial charge in [-0.1, -0.05) is 39.7 Å². The second-order valence-corrected chi connectivity index (χ2v) is 5.80. The van der Waals surface area contributed by atoms with E-state index < -0.39 is 0 Å². The Kier molecular flexibility index (Phi) is 3.40. The maximum Gasteiger partial charge on any atom is 0.229 e. The fourth-order valence-electron chi connectivity index (χ4n) is 2.18. The van der Waals surface area contributed by atoms with Gasteiger partial charge in [-0.05, 0) is 37.3 Å². The summed E-state index contributed by atoms with van der Waals surface area (Å²) < 4.78 is 6.45. The van der Waals surface area contributed by atoms with Crippen LogP contribution in [-0.2, 0) is 0 Å². The summed E-state index contributed by atoms with van der Waals surface area (Å²) in [7, 11) is 0. The maximum atomic E-state index is 12.6. The highest BCUT2D eigenvalue weighted by Crippen LogP contribution is 2.30. The fraction of sp³-hybridized carbons (Fsp3) is 0.0625. The van der Waals surface area contributed by atoms with E-state index >= 15 is 0 Å². The lowest BCUT2D eigenvalue weighted by Crippen LogP contribution is -2.02. The van der Waals surface area contributed by atoms with Gasteiger partial charge in [0.25, 0.3) is 0 Å². The van der Waals surface area contributed by atoms with Crippen molar-refractivity contribution >= 4 is 44.3 Å². The van der Waals surface area contributed by atoms with Crippen LogP contribution >= 0.6 is 27.5 Å². The van der Waals surface area contributed by atoms with Crippen molar-refractivity contribution < 1.29 is 9.21 Å². The number of hydrogen-bond acceptors (Lipinski definition) is 2. The Labute approximate surface area is 129 Å².